The summed E-state index contributed by atoms with van der Waals surface area (Å²) in [4.78, 5) is 18.2. The molecule has 2 saturated heterocycles. The Morgan fingerprint density at radius 3 is 2.19 bits per heavy atom. The fourth-order valence-electron chi connectivity index (χ4n) is 6.29. The molecule has 0 unspecified atom stereocenters. The van der Waals surface area contributed by atoms with Crippen LogP contribution in [-0.2, 0) is 14.8 Å². The lowest BCUT2D eigenvalue weighted by Gasteiger charge is -2.42. The number of nitrogens with zero attached hydrogens (tertiary/aromatic N) is 3. The number of methoxy groups -OCH3 is 1. The first-order chi connectivity index (χ1) is 17.7. The Hall–Kier alpha value is -1.68. The highest BCUT2D eigenvalue weighted by molar-refractivity contribution is 7.89. The molecule has 0 bridgehead atoms. The summed E-state index contributed by atoms with van der Waals surface area (Å²) in [5.74, 6) is 1.43. The molecule has 1 aromatic rings. The number of hydrogen-bond acceptors (Lipinski definition) is 6. The summed E-state index contributed by atoms with van der Waals surface area (Å²) in [6.45, 7) is 10.0. The fraction of sp³-hybridized carbons (Fsp3) is 0.750. The molecule has 4 rings (SSSR count). The van der Waals surface area contributed by atoms with Gasteiger partial charge in [0.1, 0.15) is 5.75 Å². The molecule has 0 aromatic heterocycles. The van der Waals surface area contributed by atoms with E-state index in [0.717, 1.165) is 31.6 Å². The number of amides is 1. The van der Waals surface area contributed by atoms with Gasteiger partial charge >= 0.3 is 0 Å². The van der Waals surface area contributed by atoms with Crippen molar-refractivity contribution in [2.75, 3.05) is 53.4 Å². The van der Waals surface area contributed by atoms with Crippen LogP contribution in [0.15, 0.2) is 17.0 Å². The quantitative estimate of drug-likeness (QED) is 0.497. The monoisotopic (exact) mass is 534 g/mol. The van der Waals surface area contributed by atoms with E-state index >= 15 is 0 Å². The van der Waals surface area contributed by atoms with E-state index in [9.17, 15) is 13.2 Å². The maximum absolute atomic E-state index is 13.2. The predicted octanol–water partition coefficient (Wildman–Crippen LogP) is 3.17. The number of aryl methyl sites for hydroxylation is 2. The van der Waals surface area contributed by atoms with Crippen molar-refractivity contribution in [3.8, 4) is 5.75 Å². The van der Waals surface area contributed by atoms with Crippen LogP contribution in [0.2, 0.25) is 0 Å². The molecule has 2 heterocycles. The third-order valence-corrected chi connectivity index (χ3v) is 10.8. The van der Waals surface area contributed by atoms with Crippen LogP contribution >= 0.6 is 0 Å². The molecule has 0 atom stereocenters. The van der Waals surface area contributed by atoms with Crippen molar-refractivity contribution >= 4 is 15.9 Å². The van der Waals surface area contributed by atoms with Crippen LogP contribution in [-0.4, -0.2) is 93.9 Å². The number of rotatable bonds is 10. The number of carbonyl (C=O) groups is 1. The van der Waals surface area contributed by atoms with E-state index in [1.54, 1.807) is 40.1 Å². The van der Waals surface area contributed by atoms with Crippen molar-refractivity contribution in [1.29, 1.82) is 0 Å². The van der Waals surface area contributed by atoms with Gasteiger partial charge in [-0.2, -0.15) is 0 Å². The summed E-state index contributed by atoms with van der Waals surface area (Å²) in [5.41, 5.74) is 1.29. The minimum Gasteiger partial charge on any atom is -0.497 e. The summed E-state index contributed by atoms with van der Waals surface area (Å²) in [6, 6.07) is 4.30. The van der Waals surface area contributed by atoms with Crippen molar-refractivity contribution in [2.45, 2.75) is 82.2 Å². The third kappa shape index (κ3) is 7.05. The topological polar surface area (TPSA) is 82.2 Å². The number of benzene rings is 1. The highest BCUT2D eigenvalue weighted by Gasteiger charge is 2.31. The molecule has 9 heteroatoms. The average Bonchev–Trinajstić information content (AvgIpc) is 2.85. The van der Waals surface area contributed by atoms with Gasteiger partial charge in [0.25, 0.3) is 0 Å². The molecule has 8 nitrogen and oxygen atoms in total. The minimum absolute atomic E-state index is 0.0690. The number of carbonyl (C=O) groups excluding carboxylic acids is 1. The molecule has 1 N–H and O–H groups in total. The number of hydrogen-bond donors (Lipinski definition) is 1. The van der Waals surface area contributed by atoms with E-state index < -0.39 is 10.0 Å². The smallest absolute Gasteiger partial charge is 0.243 e. The van der Waals surface area contributed by atoms with Gasteiger partial charge in [-0.05, 0) is 114 Å². The van der Waals surface area contributed by atoms with Crippen LogP contribution in [0.5, 0.6) is 5.75 Å². The molecule has 1 amide bonds. The first-order valence-corrected chi connectivity index (χ1v) is 15.5. The molecule has 208 valence electrons. The first-order valence-electron chi connectivity index (χ1n) is 14.0. The highest BCUT2D eigenvalue weighted by Crippen LogP contribution is 2.29. The van der Waals surface area contributed by atoms with Crippen molar-refractivity contribution in [3.63, 3.8) is 0 Å². The van der Waals surface area contributed by atoms with Crippen molar-refractivity contribution in [1.82, 2.24) is 19.4 Å². The van der Waals surface area contributed by atoms with Crippen LogP contribution in [0, 0.1) is 19.8 Å². The van der Waals surface area contributed by atoms with Gasteiger partial charge in [-0.25, -0.2) is 12.7 Å². The largest absolute Gasteiger partial charge is 0.497 e. The Kier molecular flexibility index (Phi) is 9.53. The van der Waals surface area contributed by atoms with Gasteiger partial charge in [0, 0.05) is 38.6 Å². The maximum Gasteiger partial charge on any atom is 0.243 e. The van der Waals surface area contributed by atoms with Crippen molar-refractivity contribution in [2.24, 2.45) is 5.92 Å². The third-order valence-electron chi connectivity index (χ3n) is 8.68. The fourth-order valence-corrected chi connectivity index (χ4v) is 7.86. The molecule has 2 aliphatic heterocycles. The van der Waals surface area contributed by atoms with Crippen LogP contribution < -0.4 is 10.1 Å². The predicted molar refractivity (Wildman–Crippen MR) is 146 cm³/mol. The second-order valence-corrected chi connectivity index (χ2v) is 13.4. The van der Waals surface area contributed by atoms with E-state index in [1.165, 1.54) is 56.3 Å². The Balaban J connectivity index is 1.18. The standard InChI is InChI=1S/C28H46N4O4S/c1-21-18-26(36-4)19-22(2)28(21)37(34,35)30(3)15-12-27(33)29-24-6-8-25(9-7-24)32-16-10-23(11-17-32)20-31-13-5-14-31/h18-19,23-25H,5-17,20H2,1-4H3,(H,29,33)/t24-,25-. The molecule has 1 saturated carbocycles. The zero-order valence-corrected chi connectivity index (χ0v) is 24.0. The van der Waals surface area contributed by atoms with Crippen molar-refractivity contribution < 1.29 is 17.9 Å². The molecular weight excluding hydrogens is 488 g/mol. The van der Waals surface area contributed by atoms with Gasteiger partial charge in [0.15, 0.2) is 0 Å². The van der Waals surface area contributed by atoms with Crippen LogP contribution in [0.3, 0.4) is 0 Å². The minimum atomic E-state index is -3.69. The van der Waals surface area contributed by atoms with E-state index in [1.807, 2.05) is 0 Å². The van der Waals surface area contributed by atoms with Gasteiger partial charge in [0.2, 0.25) is 15.9 Å². The SMILES string of the molecule is COc1cc(C)c(S(=O)(=O)N(C)CCC(=O)N[C@H]2CC[C@H](N3CCC(CN4CCC4)CC3)CC2)c(C)c1. The zero-order chi connectivity index (χ0) is 26.6. The summed E-state index contributed by atoms with van der Waals surface area (Å²) in [7, 11) is -0.581. The summed E-state index contributed by atoms with van der Waals surface area (Å²) >= 11 is 0. The number of nitrogens with one attached hydrogen (secondary N) is 1. The summed E-state index contributed by atoms with van der Waals surface area (Å²) in [5, 5.41) is 3.17. The number of ether oxygens (including phenoxy) is 1. The number of sulfonamides is 1. The van der Waals surface area contributed by atoms with Gasteiger partial charge in [-0.3, -0.25) is 4.79 Å². The molecule has 37 heavy (non-hydrogen) atoms. The molecule has 0 spiro atoms. The zero-order valence-electron chi connectivity index (χ0n) is 23.2. The molecule has 1 aromatic carbocycles. The summed E-state index contributed by atoms with van der Waals surface area (Å²) in [6.07, 6.45) is 8.44. The van der Waals surface area contributed by atoms with Gasteiger partial charge in [0.05, 0.1) is 12.0 Å². The molecule has 1 aliphatic carbocycles. The number of likely N-dealkylation sites (tertiary alicyclic amines) is 2. The highest BCUT2D eigenvalue weighted by atomic mass is 32.2. The van der Waals surface area contributed by atoms with Gasteiger partial charge in [-0.15, -0.1) is 0 Å². The van der Waals surface area contributed by atoms with E-state index in [2.05, 4.69) is 15.1 Å². The molecule has 0 radical (unpaired) electrons. The summed E-state index contributed by atoms with van der Waals surface area (Å²) < 4.78 is 32.9. The van der Waals surface area contributed by atoms with Gasteiger partial charge < -0.3 is 19.9 Å². The molecule has 3 fully saturated rings. The normalized spacial score (nSPS) is 24.1. The lowest BCUT2D eigenvalue weighted by atomic mass is 9.87. The number of piperidine rings is 1. The van der Waals surface area contributed by atoms with Gasteiger partial charge in [-0.1, -0.05) is 0 Å². The van der Waals surface area contributed by atoms with Crippen LogP contribution in [0.4, 0.5) is 0 Å². The van der Waals surface area contributed by atoms with Crippen LogP contribution in [0.1, 0.15) is 62.5 Å². The second kappa shape index (κ2) is 12.5. The Morgan fingerprint density at radius 1 is 1.03 bits per heavy atom. The maximum atomic E-state index is 13.2. The first kappa shape index (κ1) is 28.3. The molecular formula is C28H46N4O4S. The average molecular weight is 535 g/mol. The Labute approximate surface area is 223 Å². The Morgan fingerprint density at radius 2 is 1.65 bits per heavy atom. The lowest BCUT2D eigenvalue weighted by molar-refractivity contribution is -0.122. The lowest BCUT2D eigenvalue weighted by Crippen LogP contribution is -2.48. The van der Waals surface area contributed by atoms with Crippen molar-refractivity contribution in [3.05, 3.63) is 23.3 Å². The van der Waals surface area contributed by atoms with E-state index in [-0.39, 0.29) is 24.9 Å². The van der Waals surface area contributed by atoms with Crippen LogP contribution in [0.25, 0.3) is 0 Å². The Bertz CT molecular complexity index is 1000. The second-order valence-electron chi connectivity index (χ2n) is 11.4. The molecule has 3 aliphatic rings. The van der Waals surface area contributed by atoms with E-state index in [4.69, 9.17) is 4.74 Å². The van der Waals surface area contributed by atoms with E-state index in [0.29, 0.717) is 27.8 Å².